The van der Waals surface area contributed by atoms with E-state index in [9.17, 15) is 0 Å². The number of hydrogen-bond acceptors (Lipinski definition) is 1. The Morgan fingerprint density at radius 2 is 1.62 bits per heavy atom. The van der Waals surface area contributed by atoms with Gasteiger partial charge in [0.25, 0.3) is 0 Å². The summed E-state index contributed by atoms with van der Waals surface area (Å²) in [5.74, 6) is 0. The van der Waals surface area contributed by atoms with E-state index in [2.05, 4.69) is 23.6 Å². The van der Waals surface area contributed by atoms with E-state index in [0.717, 1.165) is 5.70 Å². The summed E-state index contributed by atoms with van der Waals surface area (Å²) in [5, 5.41) is 0. The van der Waals surface area contributed by atoms with Gasteiger partial charge < -0.3 is 4.90 Å². The molecule has 0 radical (unpaired) electrons. The van der Waals surface area contributed by atoms with Crippen LogP contribution in [0.5, 0.6) is 0 Å². The van der Waals surface area contributed by atoms with Gasteiger partial charge in [0, 0.05) is 18.4 Å². The molecule has 1 heteroatoms. The predicted molar refractivity (Wildman–Crippen MR) is 61.0 cm³/mol. The molecule has 0 aliphatic carbocycles. The summed E-state index contributed by atoms with van der Waals surface area (Å²) in [6, 6.07) is 10.2. The third-order valence-corrected chi connectivity index (χ3v) is 1.72. The van der Waals surface area contributed by atoms with Gasteiger partial charge in [-0.05, 0) is 19.1 Å². The smallest absolute Gasteiger partial charge is 0.0405 e. The SMILES string of the molecule is C=C(C)N(C)c1ccccc1.CC. The highest BCUT2D eigenvalue weighted by Crippen LogP contribution is 2.14. The Morgan fingerprint density at radius 3 is 2.00 bits per heavy atom. The zero-order valence-electron chi connectivity index (χ0n) is 9.04. The number of rotatable bonds is 2. The number of anilines is 1. The Labute approximate surface area is 81.7 Å². The molecule has 0 unspecified atom stereocenters. The normalized spacial score (nSPS) is 8.31. The number of para-hydroxylation sites is 1. The number of hydrogen-bond donors (Lipinski definition) is 0. The van der Waals surface area contributed by atoms with E-state index in [0.29, 0.717) is 0 Å². The maximum Gasteiger partial charge on any atom is 0.0405 e. The van der Waals surface area contributed by atoms with Crippen LogP contribution < -0.4 is 4.90 Å². The van der Waals surface area contributed by atoms with E-state index in [1.807, 2.05) is 46.0 Å². The van der Waals surface area contributed by atoms with Crippen molar-refractivity contribution in [3.63, 3.8) is 0 Å². The molecule has 0 spiro atoms. The van der Waals surface area contributed by atoms with Crippen LogP contribution in [0.1, 0.15) is 20.8 Å². The van der Waals surface area contributed by atoms with Crippen LogP contribution in [0, 0.1) is 0 Å². The van der Waals surface area contributed by atoms with Gasteiger partial charge >= 0.3 is 0 Å². The first-order chi connectivity index (χ1) is 6.22. The largest absolute Gasteiger partial charge is 0.349 e. The number of nitrogens with zero attached hydrogens (tertiary/aromatic N) is 1. The van der Waals surface area contributed by atoms with Crippen LogP contribution in [-0.4, -0.2) is 7.05 Å². The van der Waals surface area contributed by atoms with E-state index in [1.165, 1.54) is 5.69 Å². The summed E-state index contributed by atoms with van der Waals surface area (Å²) in [5.41, 5.74) is 2.23. The van der Waals surface area contributed by atoms with Gasteiger partial charge in [-0.25, -0.2) is 0 Å². The molecule has 0 aromatic heterocycles. The molecule has 0 fully saturated rings. The van der Waals surface area contributed by atoms with Gasteiger partial charge in [-0.15, -0.1) is 0 Å². The molecule has 0 N–H and O–H groups in total. The maximum absolute atomic E-state index is 3.86. The lowest BCUT2D eigenvalue weighted by atomic mass is 10.3. The van der Waals surface area contributed by atoms with Crippen LogP contribution in [0.3, 0.4) is 0 Å². The molecule has 1 aromatic carbocycles. The predicted octanol–water partition coefficient (Wildman–Crippen LogP) is 3.68. The van der Waals surface area contributed by atoms with Crippen molar-refractivity contribution in [3.8, 4) is 0 Å². The number of allylic oxidation sites excluding steroid dienone is 1. The third kappa shape index (κ3) is 3.79. The van der Waals surface area contributed by atoms with Gasteiger partial charge in [0.1, 0.15) is 0 Å². The molecule has 0 aliphatic rings. The Morgan fingerprint density at radius 1 is 1.15 bits per heavy atom. The third-order valence-electron chi connectivity index (χ3n) is 1.72. The molecule has 0 atom stereocenters. The zero-order valence-corrected chi connectivity index (χ0v) is 9.04. The van der Waals surface area contributed by atoms with E-state index in [1.54, 1.807) is 0 Å². The molecular weight excluding hydrogens is 158 g/mol. The van der Waals surface area contributed by atoms with Gasteiger partial charge in [0.05, 0.1) is 0 Å². The maximum atomic E-state index is 3.86. The quantitative estimate of drug-likeness (QED) is 0.666. The fourth-order valence-corrected chi connectivity index (χ4v) is 0.872. The minimum atomic E-state index is 1.05. The van der Waals surface area contributed by atoms with Crippen molar-refractivity contribution in [1.29, 1.82) is 0 Å². The molecule has 0 saturated carbocycles. The first-order valence-electron chi connectivity index (χ1n) is 4.66. The Hall–Kier alpha value is -1.24. The lowest BCUT2D eigenvalue weighted by Gasteiger charge is -2.18. The van der Waals surface area contributed by atoms with Crippen LogP contribution >= 0.6 is 0 Å². The first-order valence-corrected chi connectivity index (χ1v) is 4.66. The van der Waals surface area contributed by atoms with Crippen LogP contribution in [0.25, 0.3) is 0 Å². The molecule has 0 aliphatic heterocycles. The Balaban J connectivity index is 0.000000671. The van der Waals surface area contributed by atoms with Crippen molar-refractivity contribution in [2.24, 2.45) is 0 Å². The highest BCUT2D eigenvalue weighted by molar-refractivity contribution is 5.49. The summed E-state index contributed by atoms with van der Waals surface area (Å²) < 4.78 is 0. The van der Waals surface area contributed by atoms with E-state index >= 15 is 0 Å². The molecule has 0 bridgehead atoms. The average Bonchev–Trinajstić information content (AvgIpc) is 2.21. The molecular formula is C12H19N. The van der Waals surface area contributed by atoms with E-state index in [-0.39, 0.29) is 0 Å². The second kappa shape index (κ2) is 6.30. The minimum absolute atomic E-state index is 1.05. The summed E-state index contributed by atoms with van der Waals surface area (Å²) in [6.45, 7) is 9.85. The van der Waals surface area contributed by atoms with Crippen LogP contribution in [-0.2, 0) is 0 Å². The van der Waals surface area contributed by atoms with Crippen LogP contribution in [0.15, 0.2) is 42.6 Å². The fraction of sp³-hybridized carbons (Fsp3) is 0.333. The fourth-order valence-electron chi connectivity index (χ4n) is 0.872. The van der Waals surface area contributed by atoms with Gasteiger partial charge in [-0.2, -0.15) is 0 Å². The molecule has 72 valence electrons. The highest BCUT2D eigenvalue weighted by Gasteiger charge is 1.97. The Bertz CT molecular complexity index is 239. The summed E-state index contributed by atoms with van der Waals surface area (Å²) in [6.07, 6.45) is 0. The minimum Gasteiger partial charge on any atom is -0.349 e. The van der Waals surface area contributed by atoms with Crippen molar-refractivity contribution in [2.75, 3.05) is 11.9 Å². The first kappa shape index (κ1) is 11.8. The molecule has 1 rings (SSSR count). The van der Waals surface area contributed by atoms with E-state index in [4.69, 9.17) is 0 Å². The summed E-state index contributed by atoms with van der Waals surface area (Å²) >= 11 is 0. The molecule has 1 nitrogen and oxygen atoms in total. The van der Waals surface area contributed by atoms with Crippen LogP contribution in [0.4, 0.5) is 5.69 Å². The van der Waals surface area contributed by atoms with Crippen molar-refractivity contribution in [2.45, 2.75) is 20.8 Å². The van der Waals surface area contributed by atoms with Gasteiger partial charge in [0.2, 0.25) is 0 Å². The molecule has 0 heterocycles. The van der Waals surface area contributed by atoms with Crippen molar-refractivity contribution in [3.05, 3.63) is 42.6 Å². The highest BCUT2D eigenvalue weighted by atomic mass is 15.1. The lowest BCUT2D eigenvalue weighted by molar-refractivity contribution is 1.10. The molecule has 13 heavy (non-hydrogen) atoms. The number of benzene rings is 1. The summed E-state index contributed by atoms with van der Waals surface area (Å²) in [4.78, 5) is 2.06. The second-order valence-corrected chi connectivity index (χ2v) is 2.63. The monoisotopic (exact) mass is 177 g/mol. The van der Waals surface area contributed by atoms with Crippen molar-refractivity contribution in [1.82, 2.24) is 0 Å². The summed E-state index contributed by atoms with van der Waals surface area (Å²) in [7, 11) is 2.01. The molecule has 1 aromatic rings. The zero-order chi connectivity index (χ0) is 10.3. The topological polar surface area (TPSA) is 3.24 Å². The van der Waals surface area contributed by atoms with Gasteiger partial charge in [-0.1, -0.05) is 38.6 Å². The van der Waals surface area contributed by atoms with Crippen LogP contribution in [0.2, 0.25) is 0 Å². The molecule has 0 amide bonds. The second-order valence-electron chi connectivity index (χ2n) is 2.63. The Kier molecular flexibility index (Phi) is 5.69. The van der Waals surface area contributed by atoms with E-state index < -0.39 is 0 Å². The average molecular weight is 177 g/mol. The van der Waals surface area contributed by atoms with Crippen molar-refractivity contribution >= 4 is 5.69 Å². The van der Waals surface area contributed by atoms with Crippen molar-refractivity contribution < 1.29 is 0 Å². The standard InChI is InChI=1S/C10H13N.C2H6/c1-9(2)11(3)10-7-5-4-6-8-10;1-2/h4-8H,1H2,2-3H3;1-2H3. The molecule has 0 saturated heterocycles. The van der Waals surface area contributed by atoms with Gasteiger partial charge in [0.15, 0.2) is 0 Å². The van der Waals surface area contributed by atoms with Gasteiger partial charge in [-0.3, -0.25) is 0 Å². The lowest BCUT2D eigenvalue weighted by Crippen LogP contribution is -2.12.